The average molecular weight is 116 g/mol. The Labute approximate surface area is 42.0 Å². The molecule has 1 atom stereocenters. The number of carbonyl (C=O) groups excluding carboxylic acids is 1. The maximum Gasteiger partial charge on any atom is 0.196 e. The van der Waals surface area contributed by atoms with Crippen LogP contribution in [0.2, 0.25) is 0 Å². The Balaban J connectivity index is 2.81. The Morgan fingerprint density at radius 3 is 2.57 bits per heavy atom. The molecule has 0 bridgehead atoms. The lowest BCUT2D eigenvalue weighted by atomic mass is 10.5. The van der Waals surface area contributed by atoms with Crippen LogP contribution in [0.4, 0.5) is 0 Å². The van der Waals surface area contributed by atoms with E-state index in [-0.39, 0.29) is 5.52 Å². The van der Waals surface area contributed by atoms with Crippen molar-refractivity contribution >= 4 is 13.3 Å². The van der Waals surface area contributed by atoms with Crippen LogP contribution in [0.3, 0.4) is 0 Å². The molecule has 0 amide bonds. The second-order valence-electron chi connectivity index (χ2n) is 1.39. The third kappa shape index (κ3) is 0.804. The van der Waals surface area contributed by atoms with Crippen LogP contribution in [0.25, 0.3) is 0 Å². The fourth-order valence-electron chi connectivity index (χ4n) is 0.467. The first-order valence-electron chi connectivity index (χ1n) is 2.04. The lowest BCUT2D eigenvalue weighted by Gasteiger charge is -1.75. The third-order valence-corrected chi connectivity index (χ3v) is 2.14. The molecule has 0 spiro atoms. The second kappa shape index (κ2) is 1.63. The Kier molecular flexibility index (Phi) is 1.11. The summed E-state index contributed by atoms with van der Waals surface area (Å²) in [6.45, 7) is 0. The summed E-state index contributed by atoms with van der Waals surface area (Å²) < 4.78 is 10.3. The zero-order valence-electron chi connectivity index (χ0n) is 3.68. The molecule has 1 heterocycles. The molecule has 0 saturated heterocycles. The molecule has 1 rings (SSSR count). The van der Waals surface area contributed by atoms with E-state index < -0.39 is 7.80 Å². The van der Waals surface area contributed by atoms with Gasteiger partial charge in [0.25, 0.3) is 0 Å². The highest BCUT2D eigenvalue weighted by Crippen LogP contribution is 2.30. The van der Waals surface area contributed by atoms with Gasteiger partial charge in [0, 0.05) is 6.42 Å². The van der Waals surface area contributed by atoms with Gasteiger partial charge in [-0.3, -0.25) is 4.79 Å². The Bertz CT molecular complexity index is 148. The van der Waals surface area contributed by atoms with E-state index in [4.69, 9.17) is 0 Å². The van der Waals surface area contributed by atoms with E-state index in [2.05, 4.69) is 0 Å². The molecule has 0 N–H and O–H groups in total. The van der Waals surface area contributed by atoms with Crippen molar-refractivity contribution in [3.05, 3.63) is 11.9 Å². The summed E-state index contributed by atoms with van der Waals surface area (Å²) in [7, 11) is -1.90. The molecule has 0 aliphatic carbocycles. The fourth-order valence-corrected chi connectivity index (χ4v) is 1.30. The molecule has 0 fully saturated rings. The van der Waals surface area contributed by atoms with Gasteiger partial charge in [0.2, 0.25) is 0 Å². The summed E-state index contributed by atoms with van der Waals surface area (Å²) in [5, 5.41) is 0. The summed E-state index contributed by atoms with van der Waals surface area (Å²) in [4.78, 5) is 10.2. The van der Waals surface area contributed by atoms with E-state index in [0.29, 0.717) is 6.42 Å². The zero-order chi connectivity index (χ0) is 5.28. The molecule has 0 radical (unpaired) electrons. The molecule has 1 aliphatic heterocycles. The fraction of sp³-hybridized carbons (Fsp3) is 0.250. The van der Waals surface area contributed by atoms with Crippen LogP contribution in [-0.2, 0) is 9.36 Å². The van der Waals surface area contributed by atoms with Crippen LogP contribution >= 0.6 is 7.80 Å². The second-order valence-corrected chi connectivity index (χ2v) is 3.01. The van der Waals surface area contributed by atoms with Gasteiger partial charge in [-0.15, -0.1) is 0 Å². The van der Waals surface area contributed by atoms with Gasteiger partial charge in [-0.05, 0) is 5.82 Å². The molecule has 2 nitrogen and oxygen atoms in total. The zero-order valence-corrected chi connectivity index (χ0v) is 4.68. The first-order valence-corrected chi connectivity index (χ1v) is 3.53. The average Bonchev–Trinajstić information content (AvgIpc) is 1.91. The number of rotatable bonds is 0. The first-order chi connectivity index (χ1) is 3.30. The molecule has 3 heteroatoms. The van der Waals surface area contributed by atoms with Gasteiger partial charge in [-0.2, -0.15) is 0 Å². The van der Waals surface area contributed by atoms with E-state index in [1.54, 1.807) is 6.08 Å². The van der Waals surface area contributed by atoms with Crippen molar-refractivity contribution in [2.24, 2.45) is 0 Å². The van der Waals surface area contributed by atoms with Gasteiger partial charge in [0.1, 0.15) is 0 Å². The summed E-state index contributed by atoms with van der Waals surface area (Å²) >= 11 is 0. The smallest absolute Gasteiger partial charge is 0.196 e. The van der Waals surface area contributed by atoms with E-state index in [9.17, 15) is 9.36 Å². The molecule has 0 aromatic rings. The Morgan fingerprint density at radius 2 is 2.43 bits per heavy atom. The molecular weight excluding hydrogens is 111 g/mol. The quantitative estimate of drug-likeness (QED) is 0.442. The SMILES string of the molecule is O=C1CC=C[PH]1=O. The van der Waals surface area contributed by atoms with Crippen molar-refractivity contribution < 1.29 is 9.36 Å². The molecule has 0 saturated carbocycles. The molecule has 38 valence electrons. The van der Waals surface area contributed by atoms with Gasteiger partial charge in [0.05, 0.1) is 0 Å². The largest absolute Gasteiger partial charge is 0.314 e. The maximum absolute atomic E-state index is 10.3. The van der Waals surface area contributed by atoms with Crippen molar-refractivity contribution in [3.63, 3.8) is 0 Å². The predicted octanol–water partition coefficient (Wildman–Crippen LogP) is 0.990. The van der Waals surface area contributed by atoms with Gasteiger partial charge >= 0.3 is 0 Å². The van der Waals surface area contributed by atoms with E-state index in [1.807, 2.05) is 0 Å². The number of hydrogen-bond acceptors (Lipinski definition) is 2. The van der Waals surface area contributed by atoms with Crippen molar-refractivity contribution in [1.82, 2.24) is 0 Å². The van der Waals surface area contributed by atoms with Crippen molar-refractivity contribution in [2.45, 2.75) is 6.42 Å². The van der Waals surface area contributed by atoms with Crippen molar-refractivity contribution in [3.8, 4) is 0 Å². The predicted molar refractivity (Wildman–Crippen MR) is 27.8 cm³/mol. The van der Waals surface area contributed by atoms with Crippen LogP contribution in [0.1, 0.15) is 6.42 Å². The van der Waals surface area contributed by atoms with Crippen LogP contribution in [0.15, 0.2) is 11.9 Å². The highest BCUT2D eigenvalue weighted by Gasteiger charge is 2.10. The van der Waals surface area contributed by atoms with Gasteiger partial charge in [-0.1, -0.05) is 6.08 Å². The molecular formula is C4H5O2P. The summed E-state index contributed by atoms with van der Waals surface area (Å²) in [5.41, 5.74) is -0.106. The summed E-state index contributed by atoms with van der Waals surface area (Å²) in [6.07, 6.45) is 2.04. The minimum atomic E-state index is -1.90. The minimum Gasteiger partial charge on any atom is -0.314 e. The van der Waals surface area contributed by atoms with E-state index >= 15 is 0 Å². The van der Waals surface area contributed by atoms with Crippen LogP contribution in [0.5, 0.6) is 0 Å². The van der Waals surface area contributed by atoms with Gasteiger partial charge in [-0.25, -0.2) is 0 Å². The number of carbonyl (C=O) groups is 1. The van der Waals surface area contributed by atoms with Crippen molar-refractivity contribution in [1.29, 1.82) is 0 Å². The maximum atomic E-state index is 10.3. The number of hydrogen-bond donors (Lipinski definition) is 0. The molecule has 7 heavy (non-hydrogen) atoms. The van der Waals surface area contributed by atoms with E-state index in [1.165, 1.54) is 5.82 Å². The van der Waals surface area contributed by atoms with Crippen molar-refractivity contribution in [2.75, 3.05) is 0 Å². The molecule has 1 aliphatic rings. The minimum absolute atomic E-state index is 0.106. The van der Waals surface area contributed by atoms with E-state index in [0.717, 1.165) is 0 Å². The Hall–Kier alpha value is -0.360. The molecule has 0 aromatic carbocycles. The molecule has 0 aromatic heterocycles. The van der Waals surface area contributed by atoms with Gasteiger partial charge in [0.15, 0.2) is 13.3 Å². The summed E-state index contributed by atoms with van der Waals surface area (Å²) in [5.74, 6) is 1.49. The summed E-state index contributed by atoms with van der Waals surface area (Å²) in [6, 6.07) is 0. The lowest BCUT2D eigenvalue weighted by Crippen LogP contribution is -1.76. The lowest BCUT2D eigenvalue weighted by molar-refractivity contribution is -0.110. The monoisotopic (exact) mass is 116 g/mol. The first kappa shape index (κ1) is 4.79. The highest BCUT2D eigenvalue weighted by molar-refractivity contribution is 7.67. The van der Waals surface area contributed by atoms with Gasteiger partial charge < -0.3 is 4.57 Å². The van der Waals surface area contributed by atoms with Crippen LogP contribution in [-0.4, -0.2) is 5.52 Å². The third-order valence-electron chi connectivity index (χ3n) is 0.847. The van der Waals surface area contributed by atoms with Crippen LogP contribution < -0.4 is 0 Å². The standard InChI is InChI=1S/C4H5O2P/c5-4-2-1-3-7(4)6/h1,3,7H,2H2. The normalized spacial score (nSPS) is 29.1. The number of allylic oxidation sites excluding steroid dienone is 1. The topological polar surface area (TPSA) is 34.1 Å². The van der Waals surface area contributed by atoms with Crippen LogP contribution in [0, 0.1) is 0 Å². The molecule has 1 unspecified atom stereocenters. The highest BCUT2D eigenvalue weighted by atomic mass is 31.1. The Morgan fingerprint density at radius 1 is 1.71 bits per heavy atom.